The van der Waals surface area contributed by atoms with Crippen molar-refractivity contribution in [3.05, 3.63) is 102 Å². The second-order valence-electron chi connectivity index (χ2n) is 6.50. The second kappa shape index (κ2) is 6.97. The number of fused-ring (bicyclic) bond motifs is 1. The van der Waals surface area contributed by atoms with E-state index >= 15 is 0 Å². The van der Waals surface area contributed by atoms with Crippen molar-refractivity contribution in [2.75, 3.05) is 0 Å². The summed E-state index contributed by atoms with van der Waals surface area (Å²) < 4.78 is 16.7. The standard InChI is InChI=1S/C23H22NOP/c1-2-23-22-16-10-9-11-19(22)17-18-24(23)26(25,20-12-5-3-6-13-20)21-14-7-4-8-15-21/h3-18,23H,2H2,1H3/t23-/m0/s1. The Hall–Kier alpha value is -2.57. The molecule has 3 heteroatoms. The van der Waals surface area contributed by atoms with E-state index in [1.165, 1.54) is 11.1 Å². The van der Waals surface area contributed by atoms with Gasteiger partial charge in [-0.25, -0.2) is 0 Å². The SMILES string of the molecule is CC[C@H]1c2ccccc2C=CN1P(=O)(c1ccccc1)c1ccccc1. The van der Waals surface area contributed by atoms with Crippen LogP contribution in [0.5, 0.6) is 0 Å². The fourth-order valence-corrected chi connectivity index (χ4v) is 6.66. The van der Waals surface area contributed by atoms with E-state index in [0.29, 0.717) is 0 Å². The van der Waals surface area contributed by atoms with Crippen LogP contribution in [0.4, 0.5) is 0 Å². The van der Waals surface area contributed by atoms with Gasteiger partial charge in [0.05, 0.1) is 6.04 Å². The molecule has 0 amide bonds. The lowest BCUT2D eigenvalue weighted by atomic mass is 9.96. The maximum absolute atomic E-state index is 14.6. The molecule has 130 valence electrons. The molecular formula is C23H22NOP. The van der Waals surface area contributed by atoms with Crippen LogP contribution in [0.15, 0.2) is 91.1 Å². The molecule has 0 unspecified atom stereocenters. The third-order valence-electron chi connectivity index (χ3n) is 5.01. The van der Waals surface area contributed by atoms with Gasteiger partial charge in [0.25, 0.3) is 0 Å². The molecule has 0 saturated heterocycles. The van der Waals surface area contributed by atoms with Crippen molar-refractivity contribution in [3.8, 4) is 0 Å². The molecule has 3 aromatic carbocycles. The summed E-state index contributed by atoms with van der Waals surface area (Å²) in [5.41, 5.74) is 2.45. The molecule has 1 aliphatic heterocycles. The Morgan fingerprint density at radius 3 is 1.92 bits per heavy atom. The summed E-state index contributed by atoms with van der Waals surface area (Å²) in [5, 5.41) is 1.74. The van der Waals surface area contributed by atoms with Gasteiger partial charge in [0, 0.05) is 16.8 Å². The molecule has 3 aromatic rings. The zero-order valence-corrected chi connectivity index (χ0v) is 15.7. The minimum atomic E-state index is -2.98. The summed E-state index contributed by atoms with van der Waals surface area (Å²) in [5.74, 6) is 0. The molecule has 0 fully saturated rings. The van der Waals surface area contributed by atoms with E-state index in [0.717, 1.165) is 17.0 Å². The minimum absolute atomic E-state index is 0.0856. The molecule has 1 atom stereocenters. The Labute approximate surface area is 155 Å². The molecule has 0 aromatic heterocycles. The molecule has 0 bridgehead atoms. The van der Waals surface area contributed by atoms with Crippen LogP contribution in [0.1, 0.15) is 30.5 Å². The Bertz CT molecular complexity index is 922. The van der Waals surface area contributed by atoms with Crippen molar-refractivity contribution in [2.24, 2.45) is 0 Å². The van der Waals surface area contributed by atoms with E-state index < -0.39 is 7.29 Å². The second-order valence-corrected chi connectivity index (χ2v) is 9.14. The summed E-state index contributed by atoms with van der Waals surface area (Å²) >= 11 is 0. The predicted octanol–water partition coefficient (Wildman–Crippen LogP) is 5.35. The lowest BCUT2D eigenvalue weighted by molar-refractivity contribution is 0.402. The fraction of sp³-hybridized carbons (Fsp3) is 0.130. The van der Waals surface area contributed by atoms with Crippen LogP contribution in [0.3, 0.4) is 0 Å². The van der Waals surface area contributed by atoms with Crippen molar-refractivity contribution >= 4 is 24.0 Å². The average molecular weight is 359 g/mol. The lowest BCUT2D eigenvalue weighted by Crippen LogP contribution is -2.33. The third-order valence-corrected chi connectivity index (χ3v) is 8.06. The highest BCUT2D eigenvalue weighted by atomic mass is 31.2. The van der Waals surface area contributed by atoms with E-state index in [9.17, 15) is 4.57 Å². The molecule has 4 rings (SSSR count). The first-order chi connectivity index (χ1) is 12.7. The highest BCUT2D eigenvalue weighted by Crippen LogP contribution is 2.54. The Morgan fingerprint density at radius 1 is 0.808 bits per heavy atom. The molecular weight excluding hydrogens is 337 g/mol. The van der Waals surface area contributed by atoms with Gasteiger partial charge in [0.15, 0.2) is 0 Å². The predicted molar refractivity (Wildman–Crippen MR) is 110 cm³/mol. The quantitative estimate of drug-likeness (QED) is 0.585. The number of rotatable bonds is 4. The largest absolute Gasteiger partial charge is 0.315 e. The van der Waals surface area contributed by atoms with Gasteiger partial charge in [-0.05, 0) is 47.9 Å². The topological polar surface area (TPSA) is 20.3 Å². The molecule has 1 heterocycles. The zero-order valence-electron chi connectivity index (χ0n) is 14.8. The molecule has 0 N–H and O–H groups in total. The number of benzene rings is 3. The van der Waals surface area contributed by atoms with E-state index in [1.807, 2.05) is 66.9 Å². The van der Waals surface area contributed by atoms with Gasteiger partial charge in [-0.3, -0.25) is 4.57 Å². The van der Waals surface area contributed by atoms with E-state index in [1.54, 1.807) is 0 Å². The first-order valence-electron chi connectivity index (χ1n) is 9.02. The highest BCUT2D eigenvalue weighted by molar-refractivity contribution is 7.76. The molecule has 1 aliphatic rings. The molecule has 0 radical (unpaired) electrons. The molecule has 0 aliphatic carbocycles. The zero-order chi connectivity index (χ0) is 18.0. The minimum Gasteiger partial charge on any atom is -0.315 e. The third kappa shape index (κ3) is 2.71. The Balaban J connectivity index is 1.92. The molecule has 0 saturated carbocycles. The summed E-state index contributed by atoms with van der Waals surface area (Å²) in [4.78, 5) is 0. The smallest absolute Gasteiger partial charge is 0.229 e. The van der Waals surface area contributed by atoms with Crippen molar-refractivity contribution in [2.45, 2.75) is 19.4 Å². The summed E-state index contributed by atoms with van der Waals surface area (Å²) in [6.07, 6.45) is 5.00. The number of hydrogen-bond donors (Lipinski definition) is 0. The van der Waals surface area contributed by atoms with Crippen LogP contribution in [0.25, 0.3) is 6.08 Å². The molecule has 0 spiro atoms. The van der Waals surface area contributed by atoms with E-state index in [-0.39, 0.29) is 6.04 Å². The fourth-order valence-electron chi connectivity index (χ4n) is 3.74. The van der Waals surface area contributed by atoms with Gasteiger partial charge in [0.1, 0.15) is 0 Å². The maximum atomic E-state index is 14.6. The van der Waals surface area contributed by atoms with Crippen molar-refractivity contribution in [1.82, 2.24) is 4.67 Å². The van der Waals surface area contributed by atoms with Crippen LogP contribution >= 0.6 is 7.29 Å². The van der Waals surface area contributed by atoms with Crippen LogP contribution in [-0.4, -0.2) is 4.67 Å². The van der Waals surface area contributed by atoms with Crippen molar-refractivity contribution < 1.29 is 4.57 Å². The van der Waals surface area contributed by atoms with Gasteiger partial charge in [0.2, 0.25) is 7.29 Å². The van der Waals surface area contributed by atoms with Crippen LogP contribution < -0.4 is 10.6 Å². The van der Waals surface area contributed by atoms with Crippen LogP contribution in [0.2, 0.25) is 0 Å². The summed E-state index contributed by atoms with van der Waals surface area (Å²) in [7, 11) is -2.98. The molecule has 2 nitrogen and oxygen atoms in total. The number of hydrogen-bond acceptors (Lipinski definition) is 1. The first-order valence-corrected chi connectivity index (χ1v) is 10.7. The Kier molecular flexibility index (Phi) is 4.53. The average Bonchev–Trinajstić information content (AvgIpc) is 2.73. The lowest BCUT2D eigenvalue weighted by Gasteiger charge is -2.40. The van der Waals surface area contributed by atoms with Gasteiger partial charge in [-0.1, -0.05) is 67.6 Å². The number of nitrogens with zero attached hydrogens (tertiary/aromatic N) is 1. The Morgan fingerprint density at radius 2 is 1.35 bits per heavy atom. The van der Waals surface area contributed by atoms with Gasteiger partial charge < -0.3 is 4.67 Å². The maximum Gasteiger partial charge on any atom is 0.229 e. The normalized spacial score (nSPS) is 16.3. The van der Waals surface area contributed by atoms with Gasteiger partial charge in [-0.15, -0.1) is 0 Å². The summed E-state index contributed by atoms with van der Waals surface area (Å²) in [6.45, 7) is 2.16. The summed E-state index contributed by atoms with van der Waals surface area (Å²) in [6, 6.07) is 28.2. The van der Waals surface area contributed by atoms with Crippen molar-refractivity contribution in [3.63, 3.8) is 0 Å². The van der Waals surface area contributed by atoms with E-state index in [2.05, 4.69) is 41.9 Å². The van der Waals surface area contributed by atoms with Gasteiger partial charge in [-0.2, -0.15) is 0 Å². The van der Waals surface area contributed by atoms with Crippen molar-refractivity contribution in [1.29, 1.82) is 0 Å². The van der Waals surface area contributed by atoms with Gasteiger partial charge >= 0.3 is 0 Å². The monoisotopic (exact) mass is 359 g/mol. The van der Waals surface area contributed by atoms with Crippen LogP contribution in [0, 0.1) is 0 Å². The molecule has 26 heavy (non-hydrogen) atoms. The van der Waals surface area contributed by atoms with E-state index in [4.69, 9.17) is 0 Å². The highest BCUT2D eigenvalue weighted by Gasteiger charge is 2.38. The first kappa shape index (κ1) is 16.9. The van der Waals surface area contributed by atoms with Crippen LogP contribution in [-0.2, 0) is 4.57 Å².